The van der Waals surface area contributed by atoms with Crippen molar-refractivity contribution in [2.75, 3.05) is 11.5 Å². The van der Waals surface area contributed by atoms with Gasteiger partial charge in [-0.1, -0.05) is 29.8 Å². The van der Waals surface area contributed by atoms with Crippen molar-refractivity contribution in [3.8, 4) is 0 Å². The third-order valence-corrected chi connectivity index (χ3v) is 5.28. The Morgan fingerprint density at radius 2 is 2.20 bits per heavy atom. The number of carbonyl (C=O) groups excluding carboxylic acids is 1. The summed E-state index contributed by atoms with van der Waals surface area (Å²) in [6.07, 6.45) is 2.19. The average Bonchev–Trinajstić information content (AvgIpc) is 2.71. The molecule has 1 saturated heterocycles. The summed E-state index contributed by atoms with van der Waals surface area (Å²) >= 11 is 5.94. The summed E-state index contributed by atoms with van der Waals surface area (Å²) in [6.45, 7) is 0. The van der Waals surface area contributed by atoms with Crippen molar-refractivity contribution in [1.82, 2.24) is 5.43 Å². The molecule has 1 heterocycles. The van der Waals surface area contributed by atoms with Crippen LogP contribution in [0.5, 0.6) is 0 Å². The first-order valence-electron chi connectivity index (χ1n) is 6.23. The maximum atomic E-state index is 11.6. The van der Waals surface area contributed by atoms with Crippen LogP contribution in [0.4, 0.5) is 0 Å². The zero-order chi connectivity index (χ0) is 14.6. The Kier molecular flexibility index (Phi) is 4.77. The summed E-state index contributed by atoms with van der Waals surface area (Å²) in [5.74, 6) is -0.117. The van der Waals surface area contributed by atoms with E-state index in [2.05, 4.69) is 10.5 Å². The molecule has 2 rings (SSSR count). The Bertz CT molecular complexity index is 628. The molecule has 1 atom stereocenters. The smallest absolute Gasteiger partial charge is 0.240 e. The molecule has 5 nitrogen and oxygen atoms in total. The molecule has 1 aliphatic heterocycles. The number of benzene rings is 1. The second-order valence-corrected chi connectivity index (χ2v) is 7.42. The van der Waals surface area contributed by atoms with Gasteiger partial charge in [-0.2, -0.15) is 5.10 Å². The van der Waals surface area contributed by atoms with E-state index in [1.807, 2.05) is 6.07 Å². The number of hydrogen-bond donors (Lipinski definition) is 1. The van der Waals surface area contributed by atoms with Gasteiger partial charge in [-0.15, -0.1) is 0 Å². The standard InChI is InChI=1S/C13H15ClN2O3S/c14-12-4-2-1-3-11(12)8-15-16-13(17)7-10-5-6-20(18,19)9-10/h1-4,8,10H,5-7,9H2,(H,16,17)/b15-8-/t10-/m0/s1. The van der Waals surface area contributed by atoms with Gasteiger partial charge in [0.1, 0.15) is 0 Å². The number of amides is 1. The van der Waals surface area contributed by atoms with Crippen LogP contribution in [0.3, 0.4) is 0 Å². The monoisotopic (exact) mass is 314 g/mol. The Morgan fingerprint density at radius 3 is 2.85 bits per heavy atom. The predicted octanol–water partition coefficient (Wildman–Crippen LogP) is 1.61. The van der Waals surface area contributed by atoms with Gasteiger partial charge in [0.25, 0.3) is 0 Å². The van der Waals surface area contributed by atoms with E-state index in [-0.39, 0.29) is 29.8 Å². The van der Waals surface area contributed by atoms with E-state index in [0.717, 1.165) is 0 Å². The van der Waals surface area contributed by atoms with Gasteiger partial charge in [0.15, 0.2) is 9.84 Å². The number of hydrogen-bond acceptors (Lipinski definition) is 4. The molecule has 1 aliphatic rings. The van der Waals surface area contributed by atoms with Crippen molar-refractivity contribution < 1.29 is 13.2 Å². The number of nitrogens with zero attached hydrogens (tertiary/aromatic N) is 1. The van der Waals surface area contributed by atoms with Crippen molar-refractivity contribution in [2.24, 2.45) is 11.0 Å². The fourth-order valence-corrected chi connectivity index (χ4v) is 4.14. The van der Waals surface area contributed by atoms with Crippen molar-refractivity contribution in [3.63, 3.8) is 0 Å². The van der Waals surface area contributed by atoms with Gasteiger partial charge in [-0.05, 0) is 18.4 Å². The van der Waals surface area contributed by atoms with Gasteiger partial charge in [0, 0.05) is 17.0 Å². The summed E-state index contributed by atoms with van der Waals surface area (Å²) in [4.78, 5) is 11.6. The highest BCUT2D eigenvalue weighted by molar-refractivity contribution is 7.91. The van der Waals surface area contributed by atoms with E-state index >= 15 is 0 Å². The Balaban J connectivity index is 1.83. The molecule has 0 unspecified atom stereocenters. The van der Waals surface area contributed by atoms with E-state index in [9.17, 15) is 13.2 Å². The van der Waals surface area contributed by atoms with Crippen molar-refractivity contribution in [2.45, 2.75) is 12.8 Å². The zero-order valence-electron chi connectivity index (χ0n) is 10.8. The van der Waals surface area contributed by atoms with Gasteiger partial charge in [0.2, 0.25) is 5.91 Å². The van der Waals surface area contributed by atoms with Gasteiger partial charge < -0.3 is 0 Å². The molecule has 7 heteroatoms. The van der Waals surface area contributed by atoms with Crippen LogP contribution in [0.2, 0.25) is 5.02 Å². The molecule has 20 heavy (non-hydrogen) atoms. The summed E-state index contributed by atoms with van der Waals surface area (Å²) in [6, 6.07) is 7.13. The molecular weight excluding hydrogens is 300 g/mol. The van der Waals surface area contributed by atoms with E-state index in [0.29, 0.717) is 17.0 Å². The Morgan fingerprint density at radius 1 is 1.45 bits per heavy atom. The first-order valence-corrected chi connectivity index (χ1v) is 8.43. The molecule has 1 aromatic carbocycles. The molecular formula is C13H15ClN2O3S. The lowest BCUT2D eigenvalue weighted by Gasteiger charge is -2.05. The lowest BCUT2D eigenvalue weighted by Crippen LogP contribution is -2.21. The topological polar surface area (TPSA) is 75.6 Å². The zero-order valence-corrected chi connectivity index (χ0v) is 12.3. The molecule has 1 N–H and O–H groups in total. The first kappa shape index (κ1) is 15.0. The molecule has 0 aliphatic carbocycles. The van der Waals surface area contributed by atoms with E-state index < -0.39 is 9.84 Å². The number of halogens is 1. The van der Waals surface area contributed by atoms with E-state index in [1.54, 1.807) is 18.2 Å². The fraction of sp³-hybridized carbons (Fsp3) is 0.385. The summed E-state index contributed by atoms with van der Waals surface area (Å²) in [5, 5.41) is 4.37. The van der Waals surface area contributed by atoms with Crippen LogP contribution in [0.25, 0.3) is 0 Å². The van der Waals surface area contributed by atoms with Gasteiger partial charge >= 0.3 is 0 Å². The van der Waals surface area contributed by atoms with Gasteiger partial charge in [-0.25, -0.2) is 13.8 Å². The van der Waals surface area contributed by atoms with Gasteiger partial charge in [0.05, 0.1) is 17.7 Å². The number of rotatable bonds is 4. The number of carbonyl (C=O) groups is 1. The Labute approximate surface area is 122 Å². The molecule has 1 aromatic rings. The maximum absolute atomic E-state index is 11.6. The third-order valence-electron chi connectivity index (χ3n) is 3.10. The molecule has 1 amide bonds. The molecule has 0 bridgehead atoms. The minimum absolute atomic E-state index is 0.0919. The van der Waals surface area contributed by atoms with Crippen LogP contribution >= 0.6 is 11.6 Å². The minimum Gasteiger partial charge on any atom is -0.273 e. The Hall–Kier alpha value is -1.40. The van der Waals surface area contributed by atoms with Crippen molar-refractivity contribution >= 4 is 33.6 Å². The largest absolute Gasteiger partial charge is 0.273 e. The minimum atomic E-state index is -2.95. The molecule has 1 fully saturated rings. The van der Waals surface area contributed by atoms with Gasteiger partial charge in [-0.3, -0.25) is 4.79 Å². The average molecular weight is 315 g/mol. The SMILES string of the molecule is O=C(C[C@@H]1CCS(=O)(=O)C1)N/N=C\c1ccccc1Cl. The lowest BCUT2D eigenvalue weighted by molar-refractivity contribution is -0.121. The van der Waals surface area contributed by atoms with Crippen LogP contribution in [-0.4, -0.2) is 32.0 Å². The van der Waals surface area contributed by atoms with E-state index in [4.69, 9.17) is 11.6 Å². The summed E-state index contributed by atoms with van der Waals surface area (Å²) in [5.41, 5.74) is 3.10. The van der Waals surface area contributed by atoms with Crippen LogP contribution in [0, 0.1) is 5.92 Å². The quantitative estimate of drug-likeness (QED) is 0.677. The summed E-state index contributed by atoms with van der Waals surface area (Å²) in [7, 11) is -2.95. The maximum Gasteiger partial charge on any atom is 0.240 e. The predicted molar refractivity (Wildman–Crippen MR) is 78.6 cm³/mol. The summed E-state index contributed by atoms with van der Waals surface area (Å²) < 4.78 is 22.6. The molecule has 108 valence electrons. The lowest BCUT2D eigenvalue weighted by atomic mass is 10.1. The molecule has 0 radical (unpaired) electrons. The normalized spacial score (nSPS) is 21.1. The fourth-order valence-electron chi connectivity index (χ4n) is 2.09. The number of sulfone groups is 1. The molecule has 0 spiro atoms. The van der Waals surface area contributed by atoms with Crippen molar-refractivity contribution in [1.29, 1.82) is 0 Å². The highest BCUT2D eigenvalue weighted by atomic mass is 35.5. The highest BCUT2D eigenvalue weighted by Crippen LogP contribution is 2.21. The molecule has 0 saturated carbocycles. The number of hydrazone groups is 1. The molecule has 0 aromatic heterocycles. The second-order valence-electron chi connectivity index (χ2n) is 4.79. The van der Waals surface area contributed by atoms with Crippen LogP contribution in [0.15, 0.2) is 29.4 Å². The van der Waals surface area contributed by atoms with Crippen LogP contribution in [0.1, 0.15) is 18.4 Å². The highest BCUT2D eigenvalue weighted by Gasteiger charge is 2.29. The van der Waals surface area contributed by atoms with Crippen molar-refractivity contribution in [3.05, 3.63) is 34.9 Å². The van der Waals surface area contributed by atoms with Crippen LogP contribution in [-0.2, 0) is 14.6 Å². The second kappa shape index (κ2) is 6.37. The first-order chi connectivity index (χ1) is 9.46. The van der Waals surface area contributed by atoms with E-state index in [1.165, 1.54) is 6.21 Å². The number of nitrogens with one attached hydrogen (secondary N) is 1. The third kappa shape index (κ3) is 4.31. The van der Waals surface area contributed by atoms with Crippen LogP contribution < -0.4 is 5.43 Å².